The summed E-state index contributed by atoms with van der Waals surface area (Å²) in [6, 6.07) is 8.98. The number of carbonyl (C=O) groups is 1. The van der Waals surface area contributed by atoms with Crippen LogP contribution in [-0.4, -0.2) is 42.2 Å². The lowest BCUT2D eigenvalue weighted by Crippen LogP contribution is -2.34. The van der Waals surface area contributed by atoms with Crippen molar-refractivity contribution >= 4 is 16.9 Å². The summed E-state index contributed by atoms with van der Waals surface area (Å²) in [6.45, 7) is 2.60. The van der Waals surface area contributed by atoms with Crippen LogP contribution in [0, 0.1) is 0 Å². The van der Waals surface area contributed by atoms with Crippen molar-refractivity contribution in [2.24, 2.45) is 0 Å². The van der Waals surface area contributed by atoms with Gasteiger partial charge in [-0.2, -0.15) is 0 Å². The molecule has 1 atom stereocenters. The smallest absolute Gasteiger partial charge is 0.325 e. The summed E-state index contributed by atoms with van der Waals surface area (Å²) in [4.78, 5) is 14.3. The summed E-state index contributed by atoms with van der Waals surface area (Å²) in [5.74, 6) is -0.152. The summed E-state index contributed by atoms with van der Waals surface area (Å²) >= 11 is 0. The fourth-order valence-corrected chi connectivity index (χ4v) is 3.54. The first kappa shape index (κ1) is 15.1. The molecule has 1 aromatic heterocycles. The highest BCUT2D eigenvalue weighted by Crippen LogP contribution is 2.33. The van der Waals surface area contributed by atoms with Crippen molar-refractivity contribution in [3.05, 3.63) is 35.5 Å². The lowest BCUT2D eigenvalue weighted by molar-refractivity contribution is -0.143. The van der Waals surface area contributed by atoms with E-state index in [0.29, 0.717) is 19.2 Å². The quantitative estimate of drug-likeness (QED) is 0.814. The van der Waals surface area contributed by atoms with Gasteiger partial charge in [-0.3, -0.25) is 4.79 Å². The maximum absolute atomic E-state index is 12.0. The van der Waals surface area contributed by atoms with Crippen molar-refractivity contribution < 1.29 is 9.53 Å². The summed E-state index contributed by atoms with van der Waals surface area (Å²) in [5, 5.41) is 1.29. The molecular formula is C18H24N2O2. The summed E-state index contributed by atoms with van der Waals surface area (Å²) < 4.78 is 7.31. The highest BCUT2D eigenvalue weighted by molar-refractivity contribution is 5.87. The molecule has 0 saturated carbocycles. The van der Waals surface area contributed by atoms with Gasteiger partial charge in [-0.1, -0.05) is 18.2 Å². The minimum absolute atomic E-state index is 0.152. The Morgan fingerprint density at radius 3 is 2.86 bits per heavy atom. The third-order valence-electron chi connectivity index (χ3n) is 4.67. The number of hydrogen-bond acceptors (Lipinski definition) is 3. The van der Waals surface area contributed by atoms with E-state index >= 15 is 0 Å². The predicted molar refractivity (Wildman–Crippen MR) is 88.1 cm³/mol. The van der Waals surface area contributed by atoms with E-state index in [0.717, 1.165) is 24.8 Å². The maximum atomic E-state index is 12.0. The first-order valence-corrected chi connectivity index (χ1v) is 8.02. The SMILES string of the molecule is CCOC(=O)Cn1c2c(c3ccccc31)CC(N(C)C)CC2. The molecule has 0 aliphatic heterocycles. The van der Waals surface area contributed by atoms with Crippen LogP contribution in [0.1, 0.15) is 24.6 Å². The van der Waals surface area contributed by atoms with Gasteiger partial charge >= 0.3 is 5.97 Å². The first-order chi connectivity index (χ1) is 10.6. The number of hydrogen-bond donors (Lipinski definition) is 0. The zero-order valence-electron chi connectivity index (χ0n) is 13.6. The number of ether oxygens (including phenoxy) is 1. The van der Waals surface area contributed by atoms with Crippen LogP contribution < -0.4 is 0 Å². The zero-order valence-corrected chi connectivity index (χ0v) is 13.6. The van der Waals surface area contributed by atoms with Crippen molar-refractivity contribution in [3.8, 4) is 0 Å². The molecule has 2 aromatic rings. The maximum Gasteiger partial charge on any atom is 0.325 e. The minimum Gasteiger partial charge on any atom is -0.465 e. The first-order valence-electron chi connectivity index (χ1n) is 8.02. The molecule has 0 fully saturated rings. The number of likely N-dealkylation sites (N-methyl/N-ethyl adjacent to an activating group) is 1. The monoisotopic (exact) mass is 300 g/mol. The highest BCUT2D eigenvalue weighted by Gasteiger charge is 2.26. The molecule has 0 N–H and O–H groups in total. The molecule has 4 heteroatoms. The van der Waals surface area contributed by atoms with Crippen LogP contribution in [0.3, 0.4) is 0 Å². The normalized spacial score (nSPS) is 17.7. The van der Waals surface area contributed by atoms with Gasteiger partial charge in [0.1, 0.15) is 6.54 Å². The number of carbonyl (C=O) groups excluding carboxylic acids is 1. The van der Waals surface area contributed by atoms with Crippen LogP contribution in [0.15, 0.2) is 24.3 Å². The molecule has 118 valence electrons. The molecule has 4 nitrogen and oxygen atoms in total. The van der Waals surface area contributed by atoms with Crippen LogP contribution in [0.2, 0.25) is 0 Å². The summed E-state index contributed by atoms with van der Waals surface area (Å²) in [6.07, 6.45) is 3.21. The Bertz CT molecular complexity index is 688. The molecule has 0 saturated heterocycles. The lowest BCUT2D eigenvalue weighted by Gasteiger charge is -2.29. The number of esters is 1. The summed E-state index contributed by atoms with van der Waals surface area (Å²) in [7, 11) is 4.29. The van der Waals surface area contributed by atoms with E-state index in [1.807, 2.05) is 13.0 Å². The van der Waals surface area contributed by atoms with Gasteiger partial charge in [0, 0.05) is 22.6 Å². The second kappa shape index (κ2) is 6.13. The fourth-order valence-electron chi connectivity index (χ4n) is 3.54. The Kier molecular flexibility index (Phi) is 4.21. The van der Waals surface area contributed by atoms with Crippen LogP contribution in [-0.2, 0) is 28.9 Å². The molecule has 0 bridgehead atoms. The number of fused-ring (bicyclic) bond motifs is 3. The van der Waals surface area contributed by atoms with E-state index in [1.54, 1.807) is 0 Å². The van der Waals surface area contributed by atoms with E-state index in [1.165, 1.54) is 16.6 Å². The zero-order chi connectivity index (χ0) is 15.7. The van der Waals surface area contributed by atoms with E-state index < -0.39 is 0 Å². The van der Waals surface area contributed by atoms with Crippen LogP contribution in [0.25, 0.3) is 10.9 Å². The van der Waals surface area contributed by atoms with Gasteiger partial charge in [0.2, 0.25) is 0 Å². The molecule has 22 heavy (non-hydrogen) atoms. The van der Waals surface area contributed by atoms with E-state index in [-0.39, 0.29) is 5.97 Å². The van der Waals surface area contributed by atoms with Crippen molar-refractivity contribution in [3.63, 3.8) is 0 Å². The van der Waals surface area contributed by atoms with Crippen molar-refractivity contribution in [2.75, 3.05) is 20.7 Å². The molecule has 0 radical (unpaired) electrons. The topological polar surface area (TPSA) is 34.5 Å². The molecule has 0 spiro atoms. The highest BCUT2D eigenvalue weighted by atomic mass is 16.5. The molecule has 3 rings (SSSR count). The Morgan fingerprint density at radius 2 is 2.14 bits per heavy atom. The standard InChI is InChI=1S/C18H24N2O2/c1-4-22-18(21)12-20-16-8-6-5-7-14(16)15-11-13(19(2)3)9-10-17(15)20/h5-8,13H,4,9-12H2,1-3H3. The van der Waals surface area contributed by atoms with Crippen LogP contribution in [0.4, 0.5) is 0 Å². The molecule has 1 unspecified atom stereocenters. The fraction of sp³-hybridized carbons (Fsp3) is 0.500. The average Bonchev–Trinajstić information content (AvgIpc) is 2.81. The molecule has 1 heterocycles. The van der Waals surface area contributed by atoms with Gasteiger partial charge in [0.15, 0.2) is 0 Å². The Morgan fingerprint density at radius 1 is 1.36 bits per heavy atom. The third-order valence-corrected chi connectivity index (χ3v) is 4.67. The van der Waals surface area contributed by atoms with E-state index in [9.17, 15) is 4.79 Å². The molecule has 1 aliphatic rings. The van der Waals surface area contributed by atoms with Gasteiger partial charge in [0.25, 0.3) is 0 Å². The van der Waals surface area contributed by atoms with Crippen LogP contribution >= 0.6 is 0 Å². The predicted octanol–water partition coefficient (Wildman–Crippen LogP) is 2.62. The number of rotatable bonds is 4. The Balaban J connectivity index is 2.04. The average molecular weight is 300 g/mol. The van der Waals surface area contributed by atoms with Crippen molar-refractivity contribution in [2.45, 2.75) is 38.8 Å². The Hall–Kier alpha value is -1.81. The van der Waals surface area contributed by atoms with Crippen molar-refractivity contribution in [1.82, 2.24) is 9.47 Å². The second-order valence-corrected chi connectivity index (χ2v) is 6.19. The van der Waals surface area contributed by atoms with Gasteiger partial charge in [-0.25, -0.2) is 0 Å². The molecular weight excluding hydrogens is 276 g/mol. The van der Waals surface area contributed by atoms with Gasteiger partial charge in [-0.15, -0.1) is 0 Å². The summed E-state index contributed by atoms with van der Waals surface area (Å²) in [5.41, 5.74) is 3.87. The molecule has 0 amide bonds. The lowest BCUT2D eigenvalue weighted by atomic mass is 9.91. The number of para-hydroxylation sites is 1. The van der Waals surface area contributed by atoms with E-state index in [2.05, 4.69) is 41.8 Å². The van der Waals surface area contributed by atoms with Gasteiger partial charge in [-0.05, 0) is 51.9 Å². The van der Waals surface area contributed by atoms with Gasteiger partial charge in [0.05, 0.1) is 6.61 Å². The number of aromatic nitrogens is 1. The molecule has 1 aliphatic carbocycles. The third kappa shape index (κ3) is 2.63. The van der Waals surface area contributed by atoms with Crippen LogP contribution in [0.5, 0.6) is 0 Å². The van der Waals surface area contributed by atoms with E-state index in [4.69, 9.17) is 4.74 Å². The Labute approximate surface area is 131 Å². The largest absolute Gasteiger partial charge is 0.465 e. The number of benzene rings is 1. The van der Waals surface area contributed by atoms with Crippen molar-refractivity contribution in [1.29, 1.82) is 0 Å². The number of nitrogens with zero attached hydrogens (tertiary/aromatic N) is 2. The van der Waals surface area contributed by atoms with Gasteiger partial charge < -0.3 is 14.2 Å². The minimum atomic E-state index is -0.152. The molecule has 1 aromatic carbocycles. The second-order valence-electron chi connectivity index (χ2n) is 6.19.